The third-order valence-corrected chi connectivity index (χ3v) is 5.59. The van der Waals surface area contributed by atoms with Crippen LogP contribution in [0.25, 0.3) is 5.65 Å². The van der Waals surface area contributed by atoms with Crippen molar-refractivity contribution < 1.29 is 27.5 Å². The van der Waals surface area contributed by atoms with Crippen LogP contribution in [0.1, 0.15) is 46.9 Å². The number of halogens is 4. The summed E-state index contributed by atoms with van der Waals surface area (Å²) in [4.78, 5) is 33.7. The molecule has 2 N–H and O–H groups in total. The van der Waals surface area contributed by atoms with Crippen molar-refractivity contribution in [1.29, 1.82) is 0 Å². The first-order valence-electron chi connectivity index (χ1n) is 10.6. The number of aromatic carboxylic acids is 1. The molecule has 1 fully saturated rings. The van der Waals surface area contributed by atoms with Crippen molar-refractivity contribution in [3.8, 4) is 0 Å². The van der Waals surface area contributed by atoms with Gasteiger partial charge >= 0.3 is 12.1 Å². The molecule has 4 rings (SSSR count). The molecule has 0 spiro atoms. The lowest BCUT2D eigenvalue weighted by Crippen LogP contribution is -2.33. The van der Waals surface area contributed by atoms with E-state index in [0.29, 0.717) is 18.7 Å². The van der Waals surface area contributed by atoms with Crippen LogP contribution >= 0.6 is 0 Å². The van der Waals surface area contributed by atoms with Crippen LogP contribution in [0.4, 0.5) is 29.1 Å². The molecular formula is C22H21F4N5O3. The number of hydrogen-bond donors (Lipinski definition) is 2. The summed E-state index contributed by atoms with van der Waals surface area (Å²) in [5.74, 6) is -2.56. The third-order valence-electron chi connectivity index (χ3n) is 5.59. The number of hydrogen-bond acceptors (Lipinski definition) is 6. The number of piperidine rings is 1. The molecule has 0 amide bonds. The van der Waals surface area contributed by atoms with Gasteiger partial charge in [0, 0.05) is 30.9 Å². The number of aryl methyl sites for hydroxylation is 1. The zero-order chi connectivity index (χ0) is 24.6. The average molecular weight is 479 g/mol. The molecule has 180 valence electrons. The Labute approximate surface area is 190 Å². The second kappa shape index (κ2) is 8.92. The molecule has 8 nitrogen and oxygen atoms in total. The van der Waals surface area contributed by atoms with Crippen molar-refractivity contribution in [2.75, 3.05) is 23.3 Å². The van der Waals surface area contributed by atoms with Gasteiger partial charge in [-0.1, -0.05) is 0 Å². The van der Waals surface area contributed by atoms with Gasteiger partial charge < -0.3 is 15.3 Å². The molecule has 0 radical (unpaired) electrons. The number of nitrogens with zero attached hydrogens (tertiary/aromatic N) is 4. The molecule has 0 aliphatic carbocycles. The maximum absolute atomic E-state index is 14.3. The van der Waals surface area contributed by atoms with Gasteiger partial charge in [-0.3, -0.25) is 9.20 Å². The van der Waals surface area contributed by atoms with Crippen molar-refractivity contribution in [2.24, 2.45) is 0 Å². The van der Waals surface area contributed by atoms with Gasteiger partial charge in [-0.2, -0.15) is 17.6 Å². The number of carboxylic acids is 1. The van der Waals surface area contributed by atoms with Crippen LogP contribution in [-0.4, -0.2) is 44.7 Å². The minimum Gasteiger partial charge on any atom is -0.476 e. The topological polar surface area (TPSA) is 99.8 Å². The Balaban J connectivity index is 1.90. The molecule has 0 unspecified atom stereocenters. The number of alkyl halides is 3. The largest absolute Gasteiger partial charge is 0.476 e. The summed E-state index contributed by atoms with van der Waals surface area (Å²) in [6.07, 6.45) is -0.750. The normalized spacial score (nSPS) is 15.4. The number of aromatic nitrogens is 3. The average Bonchev–Trinajstić information content (AvgIpc) is 2.78. The first-order valence-corrected chi connectivity index (χ1v) is 10.6. The van der Waals surface area contributed by atoms with E-state index in [1.54, 1.807) is 0 Å². The highest BCUT2D eigenvalue weighted by Gasteiger charge is 2.43. The van der Waals surface area contributed by atoms with Crippen LogP contribution in [0.5, 0.6) is 0 Å². The molecule has 3 aromatic heterocycles. The predicted octanol–water partition coefficient (Wildman–Crippen LogP) is 3.94. The lowest BCUT2D eigenvalue weighted by molar-refractivity contribution is -0.143. The van der Waals surface area contributed by atoms with E-state index >= 15 is 0 Å². The zero-order valence-corrected chi connectivity index (χ0v) is 18.1. The van der Waals surface area contributed by atoms with Crippen molar-refractivity contribution in [3.05, 3.63) is 63.6 Å². The Kier molecular flexibility index (Phi) is 6.15. The first-order chi connectivity index (χ1) is 16.0. The summed E-state index contributed by atoms with van der Waals surface area (Å²) in [5, 5.41) is 11.4. The van der Waals surface area contributed by atoms with Gasteiger partial charge in [0.15, 0.2) is 11.7 Å². The van der Waals surface area contributed by atoms with Gasteiger partial charge in [-0.05, 0) is 49.9 Å². The number of rotatable bonds is 5. The van der Waals surface area contributed by atoms with Crippen LogP contribution in [0.15, 0.2) is 35.3 Å². The molecule has 1 saturated heterocycles. The Morgan fingerprint density at radius 3 is 2.50 bits per heavy atom. The van der Waals surface area contributed by atoms with E-state index in [0.717, 1.165) is 35.8 Å². The quantitative estimate of drug-likeness (QED) is 0.422. The second-order valence-corrected chi connectivity index (χ2v) is 8.12. The van der Waals surface area contributed by atoms with E-state index in [-0.39, 0.29) is 17.0 Å². The fourth-order valence-corrected chi connectivity index (χ4v) is 4.06. The minimum atomic E-state index is -4.92. The van der Waals surface area contributed by atoms with Crippen molar-refractivity contribution in [3.63, 3.8) is 0 Å². The van der Waals surface area contributed by atoms with Crippen molar-refractivity contribution >= 4 is 23.1 Å². The van der Waals surface area contributed by atoms with E-state index in [4.69, 9.17) is 0 Å². The van der Waals surface area contributed by atoms with Crippen LogP contribution in [-0.2, 0) is 0 Å². The van der Waals surface area contributed by atoms with E-state index in [1.807, 2.05) is 4.90 Å². The summed E-state index contributed by atoms with van der Waals surface area (Å²) in [6.45, 7) is 2.80. The highest BCUT2D eigenvalue weighted by atomic mass is 19.4. The number of fused-ring (bicyclic) bond motifs is 1. The van der Waals surface area contributed by atoms with E-state index in [1.165, 1.54) is 25.3 Å². The molecule has 0 saturated carbocycles. The monoisotopic (exact) mass is 479 g/mol. The molecule has 1 aliphatic rings. The Morgan fingerprint density at radius 1 is 1.15 bits per heavy atom. The Hall–Kier alpha value is -3.70. The highest BCUT2D eigenvalue weighted by Crippen LogP contribution is 2.38. The maximum Gasteiger partial charge on any atom is 0.412 e. The van der Waals surface area contributed by atoms with Crippen molar-refractivity contribution in [1.82, 2.24) is 14.4 Å². The minimum absolute atomic E-state index is 0.208. The van der Waals surface area contributed by atoms with Gasteiger partial charge in [0.05, 0.1) is 5.69 Å². The summed E-state index contributed by atoms with van der Waals surface area (Å²) >= 11 is 0. The summed E-state index contributed by atoms with van der Waals surface area (Å²) in [7, 11) is 0. The van der Waals surface area contributed by atoms with Crippen LogP contribution in [0.3, 0.4) is 0 Å². The standard InChI is InChI=1S/C22H21F4N5O3/c1-12-9-13(19(22(24,25)26)27-14-5-6-15(23)28-18(14)21(33)34)20-29-16(10-17(32)31(20)11-12)30-7-3-2-4-8-30/h5-6,9-11,19,27H,2-4,7-8H2,1H3,(H,33,34)/t19-/m0/s1. The maximum atomic E-state index is 14.3. The van der Waals surface area contributed by atoms with Gasteiger partial charge in [0.1, 0.15) is 11.5 Å². The molecule has 4 heterocycles. The van der Waals surface area contributed by atoms with Crippen LogP contribution in [0, 0.1) is 12.9 Å². The predicted molar refractivity (Wildman–Crippen MR) is 116 cm³/mol. The number of pyridine rings is 2. The SMILES string of the molecule is Cc1cc([C@H](Nc2ccc(F)nc2C(=O)O)C(F)(F)F)c2nc(N3CCCCC3)cc(=O)n2c1. The molecule has 34 heavy (non-hydrogen) atoms. The van der Waals surface area contributed by atoms with E-state index in [9.17, 15) is 32.3 Å². The lowest BCUT2D eigenvalue weighted by atomic mass is 10.0. The molecule has 0 aromatic carbocycles. The molecule has 0 bridgehead atoms. The smallest absolute Gasteiger partial charge is 0.412 e. The van der Waals surface area contributed by atoms with Crippen LogP contribution in [0.2, 0.25) is 0 Å². The molecule has 1 aliphatic heterocycles. The fourth-order valence-electron chi connectivity index (χ4n) is 4.06. The number of anilines is 2. The number of nitrogens with one attached hydrogen (secondary N) is 1. The lowest BCUT2D eigenvalue weighted by Gasteiger charge is -2.28. The van der Waals surface area contributed by atoms with E-state index in [2.05, 4.69) is 15.3 Å². The van der Waals surface area contributed by atoms with Gasteiger partial charge in [0.2, 0.25) is 5.95 Å². The Morgan fingerprint density at radius 2 is 1.85 bits per heavy atom. The molecule has 3 aromatic rings. The summed E-state index contributed by atoms with van der Waals surface area (Å²) < 4.78 is 57.4. The van der Waals surface area contributed by atoms with E-state index < -0.39 is 41.1 Å². The van der Waals surface area contributed by atoms with Gasteiger partial charge in [-0.15, -0.1) is 0 Å². The highest BCUT2D eigenvalue weighted by molar-refractivity contribution is 5.92. The van der Waals surface area contributed by atoms with Gasteiger partial charge in [0.25, 0.3) is 5.56 Å². The third kappa shape index (κ3) is 4.66. The molecule has 1 atom stereocenters. The summed E-state index contributed by atoms with van der Waals surface area (Å²) in [6, 6.07) is 1.72. The second-order valence-electron chi connectivity index (χ2n) is 8.12. The Bertz CT molecular complexity index is 1300. The molecule has 12 heteroatoms. The zero-order valence-electron chi connectivity index (χ0n) is 18.1. The number of carbonyl (C=O) groups is 1. The fraction of sp³-hybridized carbons (Fsp3) is 0.364. The first kappa shape index (κ1) is 23.5. The summed E-state index contributed by atoms with van der Waals surface area (Å²) in [5.41, 5.74) is -2.17. The van der Waals surface area contributed by atoms with Crippen molar-refractivity contribution in [2.45, 2.75) is 38.4 Å². The van der Waals surface area contributed by atoms with Gasteiger partial charge in [-0.25, -0.2) is 14.8 Å². The van der Waals surface area contributed by atoms with Crippen LogP contribution < -0.4 is 15.8 Å². The molecular weight excluding hydrogens is 458 g/mol. The number of carboxylic acid groups (broad SMARTS) is 1.